The first-order chi connectivity index (χ1) is 7.61. The van der Waals surface area contributed by atoms with Gasteiger partial charge in [0.05, 0.1) is 18.7 Å². The number of amides is 1. The van der Waals surface area contributed by atoms with Crippen molar-refractivity contribution in [2.45, 2.75) is 20.3 Å². The van der Waals surface area contributed by atoms with Crippen molar-refractivity contribution in [3.8, 4) is 0 Å². The van der Waals surface area contributed by atoms with Crippen LogP contribution in [0.5, 0.6) is 0 Å². The molecule has 0 bridgehead atoms. The summed E-state index contributed by atoms with van der Waals surface area (Å²) in [6, 6.07) is 0. The molecule has 2 N–H and O–H groups in total. The van der Waals surface area contributed by atoms with Crippen molar-refractivity contribution in [3.05, 3.63) is 11.1 Å². The second-order valence-electron chi connectivity index (χ2n) is 2.93. The van der Waals surface area contributed by atoms with Gasteiger partial charge in [-0.1, -0.05) is 0 Å². The van der Waals surface area contributed by atoms with Crippen molar-refractivity contribution < 1.29 is 14.3 Å². The number of thiazole rings is 1. The zero-order valence-corrected chi connectivity index (χ0v) is 9.89. The molecular weight excluding hydrogens is 230 g/mol. The fourth-order valence-corrected chi connectivity index (χ4v) is 1.61. The van der Waals surface area contributed by atoms with E-state index in [1.54, 1.807) is 12.3 Å². The third-order valence-electron chi connectivity index (χ3n) is 1.53. The number of hydrogen-bond donors (Lipinski definition) is 2. The van der Waals surface area contributed by atoms with Crippen molar-refractivity contribution in [1.29, 1.82) is 0 Å². The Bertz CT molecular complexity index is 378. The number of carbonyl (C=O) groups excluding carboxylic acids is 2. The smallest absolute Gasteiger partial charge is 0.311 e. The van der Waals surface area contributed by atoms with Crippen molar-refractivity contribution in [3.63, 3.8) is 0 Å². The highest BCUT2D eigenvalue weighted by molar-refractivity contribution is 7.13. The number of nitrogens with one attached hydrogen (secondary N) is 2. The average molecular weight is 243 g/mol. The summed E-state index contributed by atoms with van der Waals surface area (Å²) in [5.74, 6) is -0.513. The number of hydrogen-bond acceptors (Lipinski definition) is 6. The van der Waals surface area contributed by atoms with Crippen LogP contribution in [0.1, 0.15) is 19.5 Å². The van der Waals surface area contributed by atoms with Crippen LogP contribution in [-0.2, 0) is 20.7 Å². The fraction of sp³-hybridized carbons (Fsp3) is 0.444. The molecule has 6 nitrogen and oxygen atoms in total. The minimum atomic E-state index is -0.307. The molecule has 0 aromatic carbocycles. The standard InChI is InChI=1S/C9H13N3O3S/c1-3-15-8(14)4-7-5-16-9(10-7)12-11-6(2)13/h5H,3-4H2,1-2H3,(H,10,12)(H,11,13). The lowest BCUT2D eigenvalue weighted by atomic mass is 10.3. The second kappa shape index (κ2) is 6.06. The van der Waals surface area contributed by atoms with Crippen molar-refractivity contribution >= 4 is 28.3 Å². The topological polar surface area (TPSA) is 80.3 Å². The van der Waals surface area contributed by atoms with E-state index in [2.05, 4.69) is 15.8 Å². The summed E-state index contributed by atoms with van der Waals surface area (Å²) in [5, 5.41) is 2.27. The van der Waals surface area contributed by atoms with Gasteiger partial charge >= 0.3 is 5.97 Å². The van der Waals surface area contributed by atoms with E-state index in [1.165, 1.54) is 18.3 Å². The van der Waals surface area contributed by atoms with Gasteiger partial charge < -0.3 is 4.74 Å². The first-order valence-electron chi connectivity index (χ1n) is 4.74. The van der Waals surface area contributed by atoms with E-state index in [1.807, 2.05) is 0 Å². The number of nitrogens with zero attached hydrogens (tertiary/aromatic N) is 1. The molecule has 0 saturated heterocycles. The maximum atomic E-state index is 11.1. The van der Waals surface area contributed by atoms with Crippen LogP contribution in [0.3, 0.4) is 0 Å². The Hall–Kier alpha value is -1.63. The van der Waals surface area contributed by atoms with E-state index in [0.717, 1.165) is 0 Å². The van der Waals surface area contributed by atoms with Gasteiger partial charge in [0, 0.05) is 12.3 Å². The van der Waals surface area contributed by atoms with E-state index in [9.17, 15) is 9.59 Å². The maximum Gasteiger partial charge on any atom is 0.311 e. The van der Waals surface area contributed by atoms with Crippen molar-refractivity contribution in [1.82, 2.24) is 10.4 Å². The van der Waals surface area contributed by atoms with Gasteiger partial charge in [-0.15, -0.1) is 11.3 Å². The van der Waals surface area contributed by atoms with Gasteiger partial charge in [-0.3, -0.25) is 20.4 Å². The summed E-state index contributed by atoms with van der Waals surface area (Å²) >= 11 is 1.31. The molecule has 0 radical (unpaired) electrons. The normalized spacial score (nSPS) is 9.62. The molecule has 0 aliphatic heterocycles. The average Bonchev–Trinajstić information content (AvgIpc) is 2.63. The molecule has 0 aliphatic rings. The van der Waals surface area contributed by atoms with Crippen LogP contribution in [0.4, 0.5) is 5.13 Å². The van der Waals surface area contributed by atoms with Gasteiger partial charge in [0.15, 0.2) is 0 Å². The minimum absolute atomic E-state index is 0.145. The lowest BCUT2D eigenvalue weighted by Gasteiger charge is -2.00. The number of hydrazine groups is 1. The first kappa shape index (κ1) is 12.4. The number of anilines is 1. The Balaban J connectivity index is 2.45. The summed E-state index contributed by atoms with van der Waals surface area (Å²) in [6.07, 6.45) is 0.145. The zero-order valence-electron chi connectivity index (χ0n) is 9.07. The third kappa shape index (κ3) is 4.26. The molecule has 0 fully saturated rings. The molecule has 1 aromatic heterocycles. The molecule has 0 unspecified atom stereocenters. The van der Waals surface area contributed by atoms with E-state index in [4.69, 9.17) is 4.74 Å². The maximum absolute atomic E-state index is 11.1. The molecular formula is C9H13N3O3S. The highest BCUT2D eigenvalue weighted by Crippen LogP contribution is 2.14. The summed E-state index contributed by atoms with van der Waals surface area (Å²) in [5.41, 5.74) is 5.64. The number of esters is 1. The quantitative estimate of drug-likeness (QED) is 0.588. The Labute approximate surface area is 97.0 Å². The van der Waals surface area contributed by atoms with E-state index in [-0.39, 0.29) is 18.3 Å². The highest BCUT2D eigenvalue weighted by atomic mass is 32.1. The molecule has 0 saturated carbocycles. The monoisotopic (exact) mass is 243 g/mol. The van der Waals surface area contributed by atoms with Crippen molar-refractivity contribution in [2.75, 3.05) is 12.0 Å². The molecule has 1 rings (SSSR count). The molecule has 16 heavy (non-hydrogen) atoms. The molecule has 88 valence electrons. The Kier molecular flexibility index (Phi) is 4.71. The molecule has 0 atom stereocenters. The number of aromatic nitrogens is 1. The fourth-order valence-electron chi connectivity index (χ4n) is 0.947. The van der Waals surface area contributed by atoms with E-state index < -0.39 is 0 Å². The zero-order chi connectivity index (χ0) is 12.0. The van der Waals surface area contributed by atoms with Crippen LogP contribution in [0.2, 0.25) is 0 Å². The van der Waals surface area contributed by atoms with Gasteiger partial charge in [-0.05, 0) is 6.92 Å². The van der Waals surface area contributed by atoms with Crippen LogP contribution in [0.15, 0.2) is 5.38 Å². The third-order valence-corrected chi connectivity index (χ3v) is 2.33. The van der Waals surface area contributed by atoms with Gasteiger partial charge in [0.25, 0.3) is 0 Å². The lowest BCUT2D eigenvalue weighted by molar-refractivity contribution is -0.142. The first-order valence-corrected chi connectivity index (χ1v) is 5.62. The van der Waals surface area contributed by atoms with Gasteiger partial charge in [-0.25, -0.2) is 4.98 Å². The van der Waals surface area contributed by atoms with E-state index in [0.29, 0.717) is 17.4 Å². The van der Waals surface area contributed by atoms with Crippen LogP contribution in [0.25, 0.3) is 0 Å². The number of carbonyl (C=O) groups is 2. The largest absolute Gasteiger partial charge is 0.466 e. The number of rotatable bonds is 5. The van der Waals surface area contributed by atoms with Crippen LogP contribution < -0.4 is 10.9 Å². The van der Waals surface area contributed by atoms with Gasteiger partial charge in [0.2, 0.25) is 11.0 Å². The molecule has 1 amide bonds. The second-order valence-corrected chi connectivity index (χ2v) is 3.79. The predicted octanol–water partition coefficient (Wildman–Crippen LogP) is 0.712. The number of ether oxygens (including phenoxy) is 1. The minimum Gasteiger partial charge on any atom is -0.466 e. The Morgan fingerprint density at radius 1 is 1.56 bits per heavy atom. The summed E-state index contributed by atoms with van der Waals surface area (Å²) in [4.78, 5) is 25.9. The molecule has 0 spiro atoms. The van der Waals surface area contributed by atoms with Crippen LogP contribution in [-0.4, -0.2) is 23.5 Å². The molecule has 1 aromatic rings. The summed E-state index contributed by atoms with van der Waals surface area (Å²) < 4.78 is 4.79. The van der Waals surface area contributed by atoms with Crippen LogP contribution >= 0.6 is 11.3 Å². The molecule has 0 aliphatic carbocycles. The summed E-state index contributed by atoms with van der Waals surface area (Å²) in [7, 11) is 0. The lowest BCUT2D eigenvalue weighted by Crippen LogP contribution is -2.26. The Morgan fingerprint density at radius 2 is 2.31 bits per heavy atom. The molecule has 1 heterocycles. The van der Waals surface area contributed by atoms with Gasteiger partial charge in [-0.2, -0.15) is 0 Å². The Morgan fingerprint density at radius 3 is 2.94 bits per heavy atom. The predicted molar refractivity (Wildman–Crippen MR) is 59.9 cm³/mol. The molecule has 7 heteroatoms. The van der Waals surface area contributed by atoms with E-state index >= 15 is 0 Å². The summed E-state index contributed by atoms with van der Waals surface area (Å²) in [6.45, 7) is 3.50. The SMILES string of the molecule is CCOC(=O)Cc1csc(NNC(C)=O)n1. The van der Waals surface area contributed by atoms with Crippen LogP contribution in [0, 0.1) is 0 Å². The highest BCUT2D eigenvalue weighted by Gasteiger charge is 2.08. The van der Waals surface area contributed by atoms with Crippen molar-refractivity contribution in [2.24, 2.45) is 0 Å². The van der Waals surface area contributed by atoms with Gasteiger partial charge in [0.1, 0.15) is 0 Å².